The summed E-state index contributed by atoms with van der Waals surface area (Å²) in [5.74, 6) is 0.628. The van der Waals surface area contributed by atoms with Crippen molar-refractivity contribution in [2.24, 2.45) is 0 Å². The van der Waals surface area contributed by atoms with E-state index < -0.39 is 6.10 Å². The normalized spacial score (nSPS) is 12.2. The summed E-state index contributed by atoms with van der Waals surface area (Å²) in [7, 11) is 1.57. The van der Waals surface area contributed by atoms with Crippen molar-refractivity contribution in [1.82, 2.24) is 4.57 Å². The van der Waals surface area contributed by atoms with Crippen LogP contribution < -0.4 is 10.3 Å². The average molecular weight is 273 g/mol. The van der Waals surface area contributed by atoms with Gasteiger partial charge < -0.3 is 14.4 Å². The highest BCUT2D eigenvalue weighted by molar-refractivity contribution is 5.38. The van der Waals surface area contributed by atoms with Gasteiger partial charge in [-0.25, -0.2) is 0 Å². The van der Waals surface area contributed by atoms with E-state index in [1.807, 2.05) is 38.1 Å². The molecule has 0 radical (unpaired) electrons. The van der Waals surface area contributed by atoms with Gasteiger partial charge in [0, 0.05) is 17.8 Å². The second-order valence-corrected chi connectivity index (χ2v) is 4.96. The number of ether oxygens (including phenoxy) is 1. The molecule has 4 nitrogen and oxygen atoms in total. The Morgan fingerprint density at radius 2 is 1.90 bits per heavy atom. The van der Waals surface area contributed by atoms with Crippen molar-refractivity contribution >= 4 is 0 Å². The fourth-order valence-electron chi connectivity index (χ4n) is 2.16. The molecule has 1 aromatic carbocycles. The van der Waals surface area contributed by atoms with Gasteiger partial charge in [-0.1, -0.05) is 11.6 Å². The summed E-state index contributed by atoms with van der Waals surface area (Å²) >= 11 is 0. The molecular formula is C16H19NO3. The molecule has 0 aliphatic carbocycles. The number of nitrogens with zero attached hydrogens (tertiary/aromatic N) is 1. The van der Waals surface area contributed by atoms with Crippen molar-refractivity contribution in [2.45, 2.75) is 26.5 Å². The minimum absolute atomic E-state index is 0.115. The minimum Gasteiger partial charge on any atom is -0.496 e. The van der Waals surface area contributed by atoms with E-state index in [9.17, 15) is 9.90 Å². The number of rotatable bonds is 4. The number of pyridine rings is 1. The second-order valence-electron chi connectivity index (χ2n) is 4.96. The largest absolute Gasteiger partial charge is 0.496 e. The molecule has 20 heavy (non-hydrogen) atoms. The monoisotopic (exact) mass is 273 g/mol. The quantitative estimate of drug-likeness (QED) is 0.929. The average Bonchev–Trinajstić information content (AvgIpc) is 2.41. The molecule has 2 rings (SSSR count). The van der Waals surface area contributed by atoms with E-state index in [0.717, 1.165) is 11.1 Å². The van der Waals surface area contributed by atoms with Gasteiger partial charge in [0.15, 0.2) is 0 Å². The topological polar surface area (TPSA) is 51.5 Å². The van der Waals surface area contributed by atoms with Crippen LogP contribution in [-0.4, -0.2) is 16.8 Å². The number of aliphatic hydroxyl groups is 1. The Morgan fingerprint density at radius 1 is 1.20 bits per heavy atom. The number of aryl methyl sites for hydroxylation is 2. The fourth-order valence-corrected chi connectivity index (χ4v) is 2.16. The molecule has 0 saturated heterocycles. The van der Waals surface area contributed by atoms with Crippen LogP contribution in [0.2, 0.25) is 0 Å². The molecule has 1 heterocycles. The summed E-state index contributed by atoms with van der Waals surface area (Å²) in [5, 5.41) is 10.4. The summed E-state index contributed by atoms with van der Waals surface area (Å²) < 4.78 is 6.76. The zero-order chi connectivity index (χ0) is 14.7. The van der Waals surface area contributed by atoms with E-state index in [-0.39, 0.29) is 12.1 Å². The second kappa shape index (κ2) is 5.92. The van der Waals surface area contributed by atoms with Gasteiger partial charge in [0.2, 0.25) is 0 Å². The fraction of sp³-hybridized carbons (Fsp3) is 0.312. The number of benzene rings is 1. The van der Waals surface area contributed by atoms with Crippen LogP contribution in [0.5, 0.6) is 5.75 Å². The van der Waals surface area contributed by atoms with Crippen LogP contribution in [0.4, 0.5) is 0 Å². The molecule has 4 heteroatoms. The molecule has 0 aliphatic rings. The van der Waals surface area contributed by atoms with E-state index in [1.54, 1.807) is 19.4 Å². The molecule has 1 N–H and O–H groups in total. The first kappa shape index (κ1) is 14.3. The first-order valence-electron chi connectivity index (χ1n) is 6.51. The maximum absolute atomic E-state index is 11.8. The van der Waals surface area contributed by atoms with Gasteiger partial charge in [-0.3, -0.25) is 4.79 Å². The summed E-state index contributed by atoms with van der Waals surface area (Å²) in [6.07, 6.45) is 0.911. The van der Waals surface area contributed by atoms with Crippen LogP contribution in [0, 0.1) is 13.8 Å². The predicted octanol–water partition coefficient (Wildman–Crippen LogP) is 2.21. The van der Waals surface area contributed by atoms with Crippen molar-refractivity contribution in [1.29, 1.82) is 0 Å². The predicted molar refractivity (Wildman–Crippen MR) is 78.1 cm³/mol. The first-order valence-corrected chi connectivity index (χ1v) is 6.51. The van der Waals surface area contributed by atoms with E-state index in [2.05, 4.69) is 0 Å². The van der Waals surface area contributed by atoms with Crippen LogP contribution in [0.1, 0.15) is 22.8 Å². The summed E-state index contributed by atoms with van der Waals surface area (Å²) in [4.78, 5) is 11.8. The standard InChI is InChI=1S/C16H19NO3/c1-11-4-5-15(20-3)13(8-11)14(18)10-17-7-6-12(2)9-16(17)19/h4-9,14,18H,10H2,1-3H3. The molecule has 1 aromatic heterocycles. The molecular weight excluding hydrogens is 254 g/mol. The van der Waals surface area contributed by atoms with Crippen LogP contribution in [0.15, 0.2) is 41.3 Å². The van der Waals surface area contributed by atoms with Crippen molar-refractivity contribution < 1.29 is 9.84 Å². The molecule has 0 aliphatic heterocycles. The SMILES string of the molecule is COc1ccc(C)cc1C(O)Cn1ccc(C)cc1=O. The zero-order valence-corrected chi connectivity index (χ0v) is 12.0. The molecule has 0 spiro atoms. The summed E-state index contributed by atoms with van der Waals surface area (Å²) in [6.45, 7) is 4.03. The maximum Gasteiger partial charge on any atom is 0.250 e. The van der Waals surface area contributed by atoms with Crippen molar-refractivity contribution in [3.05, 3.63) is 63.6 Å². The Hall–Kier alpha value is -2.07. The lowest BCUT2D eigenvalue weighted by molar-refractivity contribution is 0.151. The lowest BCUT2D eigenvalue weighted by Gasteiger charge is -2.16. The highest BCUT2D eigenvalue weighted by atomic mass is 16.5. The third-order valence-corrected chi connectivity index (χ3v) is 3.27. The van der Waals surface area contributed by atoms with E-state index in [4.69, 9.17) is 4.74 Å². The van der Waals surface area contributed by atoms with Crippen molar-refractivity contribution in [3.63, 3.8) is 0 Å². The molecule has 1 atom stereocenters. The first-order chi connectivity index (χ1) is 9.51. The lowest BCUT2D eigenvalue weighted by atomic mass is 10.0. The smallest absolute Gasteiger partial charge is 0.250 e. The molecule has 0 amide bonds. The van der Waals surface area contributed by atoms with Crippen LogP contribution >= 0.6 is 0 Å². The highest BCUT2D eigenvalue weighted by Gasteiger charge is 2.14. The van der Waals surface area contributed by atoms with E-state index in [0.29, 0.717) is 11.3 Å². The number of aliphatic hydroxyl groups excluding tert-OH is 1. The zero-order valence-electron chi connectivity index (χ0n) is 12.0. The van der Waals surface area contributed by atoms with Crippen LogP contribution in [0.3, 0.4) is 0 Å². The van der Waals surface area contributed by atoms with Crippen molar-refractivity contribution in [3.8, 4) is 5.75 Å². The van der Waals surface area contributed by atoms with Gasteiger partial charge in [-0.05, 0) is 37.6 Å². The molecule has 0 bridgehead atoms. The van der Waals surface area contributed by atoms with Crippen LogP contribution in [0.25, 0.3) is 0 Å². The lowest BCUT2D eigenvalue weighted by Crippen LogP contribution is -2.22. The van der Waals surface area contributed by atoms with Crippen molar-refractivity contribution in [2.75, 3.05) is 7.11 Å². The van der Waals surface area contributed by atoms with E-state index >= 15 is 0 Å². The third-order valence-electron chi connectivity index (χ3n) is 3.27. The summed E-state index contributed by atoms with van der Waals surface area (Å²) in [6, 6.07) is 9.03. The van der Waals surface area contributed by atoms with Gasteiger partial charge >= 0.3 is 0 Å². The molecule has 0 fully saturated rings. The van der Waals surface area contributed by atoms with Gasteiger partial charge in [-0.2, -0.15) is 0 Å². The van der Waals surface area contributed by atoms with Gasteiger partial charge in [-0.15, -0.1) is 0 Å². The minimum atomic E-state index is -0.787. The molecule has 2 aromatic rings. The number of aromatic nitrogens is 1. The maximum atomic E-state index is 11.8. The Kier molecular flexibility index (Phi) is 4.25. The number of hydrogen-bond acceptors (Lipinski definition) is 3. The third kappa shape index (κ3) is 3.08. The van der Waals surface area contributed by atoms with Crippen LogP contribution in [-0.2, 0) is 6.54 Å². The van der Waals surface area contributed by atoms with Gasteiger partial charge in [0.05, 0.1) is 13.7 Å². The molecule has 0 saturated carbocycles. The number of hydrogen-bond donors (Lipinski definition) is 1. The van der Waals surface area contributed by atoms with Gasteiger partial charge in [0.25, 0.3) is 5.56 Å². The highest BCUT2D eigenvalue weighted by Crippen LogP contribution is 2.27. The Balaban J connectivity index is 2.30. The Bertz CT molecular complexity index is 661. The number of methoxy groups -OCH3 is 1. The van der Waals surface area contributed by atoms with E-state index in [1.165, 1.54) is 4.57 Å². The Labute approximate surface area is 118 Å². The summed E-state index contributed by atoms with van der Waals surface area (Å²) in [5.41, 5.74) is 2.53. The molecule has 1 unspecified atom stereocenters. The van der Waals surface area contributed by atoms with Gasteiger partial charge in [0.1, 0.15) is 11.9 Å². The Morgan fingerprint density at radius 3 is 2.55 bits per heavy atom. The molecule has 106 valence electrons.